The lowest BCUT2D eigenvalue weighted by atomic mass is 9.99. The molecule has 1 aliphatic carbocycles. The fraction of sp³-hybridized carbons (Fsp3) is 0.667. The summed E-state index contributed by atoms with van der Waals surface area (Å²) in [7, 11) is 0. The molecule has 0 spiro atoms. The number of nitrogens with zero attached hydrogens (tertiary/aromatic N) is 1. The van der Waals surface area contributed by atoms with Crippen LogP contribution in [0.15, 0.2) is 30.3 Å². The third-order valence-corrected chi connectivity index (χ3v) is 5.06. The third-order valence-electron chi connectivity index (χ3n) is 5.06. The third kappa shape index (κ3) is 3.83. The number of nitrogens with one attached hydrogen (secondary N) is 1. The minimum absolute atomic E-state index is 0.756. The Kier molecular flexibility index (Phi) is 5.10. The van der Waals surface area contributed by atoms with E-state index in [1.54, 1.807) is 0 Å². The van der Waals surface area contributed by atoms with E-state index < -0.39 is 0 Å². The smallest absolute Gasteiger partial charge is 0.0107 e. The zero-order valence-corrected chi connectivity index (χ0v) is 12.6. The van der Waals surface area contributed by atoms with E-state index in [1.807, 2.05) is 0 Å². The Balaban J connectivity index is 1.33. The maximum Gasteiger partial charge on any atom is 0.0107 e. The molecule has 1 saturated heterocycles. The largest absolute Gasteiger partial charge is 0.315 e. The van der Waals surface area contributed by atoms with Crippen LogP contribution in [-0.4, -0.2) is 37.6 Å². The molecule has 2 aliphatic rings. The fourth-order valence-electron chi connectivity index (χ4n) is 3.79. The molecule has 1 aromatic carbocycles. The topological polar surface area (TPSA) is 15.3 Å². The molecule has 1 atom stereocenters. The Bertz CT molecular complexity index is 384. The maximum absolute atomic E-state index is 3.67. The quantitative estimate of drug-likeness (QED) is 0.800. The first-order chi connectivity index (χ1) is 9.92. The van der Waals surface area contributed by atoms with Gasteiger partial charge in [0.2, 0.25) is 0 Å². The lowest BCUT2D eigenvalue weighted by Gasteiger charge is -2.17. The van der Waals surface area contributed by atoms with Gasteiger partial charge in [0.25, 0.3) is 0 Å². The van der Waals surface area contributed by atoms with Crippen LogP contribution in [-0.2, 0) is 0 Å². The van der Waals surface area contributed by atoms with E-state index in [4.69, 9.17) is 0 Å². The molecule has 1 aliphatic heterocycles. The zero-order valence-electron chi connectivity index (χ0n) is 12.6. The maximum atomic E-state index is 3.67. The number of hydrogen-bond donors (Lipinski definition) is 1. The van der Waals surface area contributed by atoms with Gasteiger partial charge >= 0.3 is 0 Å². The summed E-state index contributed by atoms with van der Waals surface area (Å²) in [5.41, 5.74) is 1.52. The van der Waals surface area contributed by atoms with E-state index in [2.05, 4.69) is 40.5 Å². The number of rotatable bonds is 6. The normalized spacial score (nSPS) is 24.5. The first kappa shape index (κ1) is 14.1. The van der Waals surface area contributed by atoms with Gasteiger partial charge in [0.1, 0.15) is 0 Å². The lowest BCUT2D eigenvalue weighted by Crippen LogP contribution is -2.32. The van der Waals surface area contributed by atoms with Gasteiger partial charge in [0.05, 0.1) is 0 Å². The number of hydrogen-bond acceptors (Lipinski definition) is 2. The van der Waals surface area contributed by atoms with Crippen molar-refractivity contribution < 1.29 is 0 Å². The summed E-state index contributed by atoms with van der Waals surface area (Å²) in [4.78, 5) is 2.62. The Hall–Kier alpha value is -0.860. The Morgan fingerprint density at radius 2 is 1.85 bits per heavy atom. The van der Waals surface area contributed by atoms with Crippen molar-refractivity contribution in [3.05, 3.63) is 35.9 Å². The Labute approximate surface area is 123 Å². The van der Waals surface area contributed by atoms with Crippen molar-refractivity contribution in [2.45, 2.75) is 38.0 Å². The predicted molar refractivity (Wildman–Crippen MR) is 85.1 cm³/mol. The van der Waals surface area contributed by atoms with Crippen molar-refractivity contribution in [3.63, 3.8) is 0 Å². The van der Waals surface area contributed by atoms with Crippen LogP contribution in [0.5, 0.6) is 0 Å². The highest BCUT2D eigenvalue weighted by molar-refractivity contribution is 5.20. The molecule has 1 aromatic rings. The van der Waals surface area contributed by atoms with Gasteiger partial charge < -0.3 is 10.2 Å². The summed E-state index contributed by atoms with van der Waals surface area (Å²) in [6.07, 6.45) is 7.14. The van der Waals surface area contributed by atoms with Crippen LogP contribution in [0, 0.1) is 5.92 Å². The summed E-state index contributed by atoms with van der Waals surface area (Å²) >= 11 is 0. The molecule has 0 amide bonds. The minimum atomic E-state index is 0.756. The summed E-state index contributed by atoms with van der Waals surface area (Å²) in [5.74, 6) is 1.72. The standard InChI is InChI=1S/C18H28N2/c1-2-8-17(9-3-1)18-10-12-20(15-18)13-11-19-14-16-6-4-5-7-16/h1-3,8-9,16,18-19H,4-7,10-15H2. The van der Waals surface area contributed by atoms with Crippen LogP contribution in [0.1, 0.15) is 43.6 Å². The molecule has 0 bridgehead atoms. The lowest BCUT2D eigenvalue weighted by molar-refractivity contribution is 0.326. The van der Waals surface area contributed by atoms with Crippen LogP contribution in [0.25, 0.3) is 0 Å². The molecule has 20 heavy (non-hydrogen) atoms. The molecule has 1 heterocycles. The van der Waals surface area contributed by atoms with Crippen LogP contribution in [0.2, 0.25) is 0 Å². The molecule has 2 heteroatoms. The summed E-state index contributed by atoms with van der Waals surface area (Å²) in [6, 6.07) is 11.0. The molecule has 3 rings (SSSR count). The number of likely N-dealkylation sites (tertiary alicyclic amines) is 1. The van der Waals surface area contributed by atoms with Gasteiger partial charge in [-0.25, -0.2) is 0 Å². The molecular weight excluding hydrogens is 244 g/mol. The van der Waals surface area contributed by atoms with Crippen molar-refractivity contribution in [2.75, 3.05) is 32.7 Å². The SMILES string of the molecule is c1ccc(C2CCN(CCNCC3CCCC3)C2)cc1. The second-order valence-electron chi connectivity index (χ2n) is 6.55. The van der Waals surface area contributed by atoms with Gasteiger partial charge in [-0.15, -0.1) is 0 Å². The van der Waals surface area contributed by atoms with Gasteiger partial charge in [0.15, 0.2) is 0 Å². The first-order valence-corrected chi connectivity index (χ1v) is 8.40. The van der Waals surface area contributed by atoms with E-state index in [0.29, 0.717) is 0 Å². The highest BCUT2D eigenvalue weighted by Crippen LogP contribution is 2.26. The van der Waals surface area contributed by atoms with Crippen molar-refractivity contribution >= 4 is 0 Å². The van der Waals surface area contributed by atoms with Crippen LogP contribution >= 0.6 is 0 Å². The number of benzene rings is 1. The fourth-order valence-corrected chi connectivity index (χ4v) is 3.79. The van der Waals surface area contributed by atoms with Crippen LogP contribution < -0.4 is 5.32 Å². The summed E-state index contributed by atoms with van der Waals surface area (Å²) in [5, 5.41) is 3.67. The Morgan fingerprint density at radius 3 is 2.65 bits per heavy atom. The van der Waals surface area contributed by atoms with Gasteiger partial charge in [0, 0.05) is 19.6 Å². The molecule has 1 unspecified atom stereocenters. The van der Waals surface area contributed by atoms with Gasteiger partial charge in [-0.05, 0) is 49.8 Å². The zero-order chi connectivity index (χ0) is 13.6. The predicted octanol–water partition coefficient (Wildman–Crippen LogP) is 3.26. The van der Waals surface area contributed by atoms with E-state index in [9.17, 15) is 0 Å². The molecular formula is C18H28N2. The molecule has 2 nitrogen and oxygen atoms in total. The van der Waals surface area contributed by atoms with Crippen molar-refractivity contribution in [1.82, 2.24) is 10.2 Å². The highest BCUT2D eigenvalue weighted by Gasteiger charge is 2.23. The molecule has 0 aromatic heterocycles. The van der Waals surface area contributed by atoms with Crippen molar-refractivity contribution in [3.8, 4) is 0 Å². The average Bonchev–Trinajstić information content (AvgIpc) is 3.16. The molecule has 110 valence electrons. The average molecular weight is 272 g/mol. The Morgan fingerprint density at radius 1 is 1.05 bits per heavy atom. The van der Waals surface area contributed by atoms with Crippen LogP contribution in [0.4, 0.5) is 0 Å². The second kappa shape index (κ2) is 7.24. The molecule has 1 N–H and O–H groups in total. The van der Waals surface area contributed by atoms with Crippen molar-refractivity contribution in [2.24, 2.45) is 5.92 Å². The summed E-state index contributed by atoms with van der Waals surface area (Å²) < 4.78 is 0. The highest BCUT2D eigenvalue weighted by atomic mass is 15.2. The summed E-state index contributed by atoms with van der Waals surface area (Å²) in [6.45, 7) is 6.14. The van der Waals surface area contributed by atoms with E-state index in [1.165, 1.54) is 63.8 Å². The van der Waals surface area contributed by atoms with E-state index in [-0.39, 0.29) is 0 Å². The van der Waals surface area contributed by atoms with E-state index in [0.717, 1.165) is 18.4 Å². The minimum Gasteiger partial charge on any atom is -0.315 e. The second-order valence-corrected chi connectivity index (χ2v) is 6.55. The molecule has 2 fully saturated rings. The molecule has 0 radical (unpaired) electrons. The van der Waals surface area contributed by atoms with Crippen molar-refractivity contribution in [1.29, 1.82) is 0 Å². The monoisotopic (exact) mass is 272 g/mol. The molecule has 1 saturated carbocycles. The van der Waals surface area contributed by atoms with Crippen LogP contribution in [0.3, 0.4) is 0 Å². The first-order valence-electron chi connectivity index (χ1n) is 8.40. The van der Waals surface area contributed by atoms with E-state index >= 15 is 0 Å². The van der Waals surface area contributed by atoms with Gasteiger partial charge in [-0.2, -0.15) is 0 Å². The van der Waals surface area contributed by atoms with Gasteiger partial charge in [-0.1, -0.05) is 43.2 Å². The van der Waals surface area contributed by atoms with Gasteiger partial charge in [-0.3, -0.25) is 0 Å².